The summed E-state index contributed by atoms with van der Waals surface area (Å²) >= 11 is 0. The Bertz CT molecular complexity index is 2240. The van der Waals surface area contributed by atoms with E-state index in [0.717, 1.165) is 67.5 Å². The number of phenols is 2. The van der Waals surface area contributed by atoms with E-state index in [4.69, 9.17) is 0 Å². The summed E-state index contributed by atoms with van der Waals surface area (Å²) in [5.41, 5.74) is 11.9. The second-order valence-corrected chi connectivity index (χ2v) is 13.3. The van der Waals surface area contributed by atoms with Crippen LogP contribution in [-0.4, -0.2) is 10.2 Å². The normalized spacial score (nSPS) is 12.5. The summed E-state index contributed by atoms with van der Waals surface area (Å²) in [4.78, 5) is 4.58. The second-order valence-electron chi connectivity index (χ2n) is 13.3. The molecule has 0 bridgehead atoms. The van der Waals surface area contributed by atoms with Gasteiger partial charge in [-0.3, -0.25) is 0 Å². The Hall–Kier alpha value is -7.04. The Morgan fingerprint density at radius 3 is 0.906 bits per heavy atom. The minimum atomic E-state index is -0.809. The molecule has 0 heterocycles. The van der Waals surface area contributed by atoms with Gasteiger partial charge in [-0.05, 0) is 130 Å². The number of fused-ring (bicyclic) bond motifs is 3. The van der Waals surface area contributed by atoms with Crippen LogP contribution in [0.2, 0.25) is 0 Å². The highest BCUT2D eigenvalue weighted by Crippen LogP contribution is 2.58. The van der Waals surface area contributed by atoms with Crippen LogP contribution in [0.3, 0.4) is 0 Å². The highest BCUT2D eigenvalue weighted by molar-refractivity contribution is 5.92. The molecule has 53 heavy (non-hydrogen) atoms. The number of nitrogens with zero attached hydrogens (tertiary/aromatic N) is 2. The first-order valence-corrected chi connectivity index (χ1v) is 17.8. The average molecular weight is 685 g/mol. The molecule has 0 unspecified atom stereocenters. The monoisotopic (exact) mass is 684 g/mol. The van der Waals surface area contributed by atoms with E-state index < -0.39 is 5.41 Å². The van der Waals surface area contributed by atoms with Gasteiger partial charge in [-0.1, -0.05) is 109 Å². The van der Waals surface area contributed by atoms with Gasteiger partial charge in [0.15, 0.2) is 0 Å². The SMILES string of the molecule is Oc1ccc(C2(c3ccc(O)cc3)c3cc(N(c4ccccc4)c4ccccc4)ccc3-c3ccc(N(c4ccccc4)c4ccccc4)cc32)cc1. The van der Waals surface area contributed by atoms with Gasteiger partial charge in [0.25, 0.3) is 0 Å². The maximum Gasteiger partial charge on any atom is 0.115 e. The molecule has 0 atom stereocenters. The lowest BCUT2D eigenvalue weighted by Crippen LogP contribution is -2.29. The quantitative estimate of drug-likeness (QED) is 0.167. The molecule has 4 nitrogen and oxygen atoms in total. The van der Waals surface area contributed by atoms with E-state index in [-0.39, 0.29) is 11.5 Å². The van der Waals surface area contributed by atoms with Gasteiger partial charge in [-0.15, -0.1) is 0 Å². The third-order valence-corrected chi connectivity index (χ3v) is 10.3. The summed E-state index contributed by atoms with van der Waals surface area (Å²) in [6.45, 7) is 0. The van der Waals surface area contributed by atoms with Crippen molar-refractivity contribution in [3.8, 4) is 22.6 Å². The van der Waals surface area contributed by atoms with Crippen LogP contribution in [0.5, 0.6) is 11.5 Å². The minimum Gasteiger partial charge on any atom is -0.508 e. The zero-order valence-corrected chi connectivity index (χ0v) is 28.9. The van der Waals surface area contributed by atoms with Crippen LogP contribution in [0.4, 0.5) is 34.1 Å². The molecule has 0 amide bonds. The molecule has 0 aliphatic heterocycles. The summed E-state index contributed by atoms with van der Waals surface area (Å²) < 4.78 is 0. The third-order valence-electron chi connectivity index (χ3n) is 10.3. The molecule has 8 aromatic carbocycles. The molecule has 0 spiro atoms. The maximum absolute atomic E-state index is 10.6. The van der Waals surface area contributed by atoms with Crippen molar-refractivity contribution in [2.75, 3.05) is 9.80 Å². The van der Waals surface area contributed by atoms with E-state index in [1.165, 1.54) is 0 Å². The molecule has 1 aliphatic rings. The van der Waals surface area contributed by atoms with Gasteiger partial charge < -0.3 is 20.0 Å². The third kappa shape index (κ3) is 5.49. The second kappa shape index (κ2) is 13.3. The molecular formula is C49H36N2O2. The zero-order chi connectivity index (χ0) is 35.8. The van der Waals surface area contributed by atoms with Gasteiger partial charge in [-0.2, -0.15) is 0 Å². The Labute approximate surface area is 309 Å². The Morgan fingerprint density at radius 2 is 0.604 bits per heavy atom. The van der Waals surface area contributed by atoms with Crippen molar-refractivity contribution in [3.63, 3.8) is 0 Å². The van der Waals surface area contributed by atoms with E-state index in [0.29, 0.717) is 0 Å². The molecular weight excluding hydrogens is 649 g/mol. The zero-order valence-electron chi connectivity index (χ0n) is 28.9. The van der Waals surface area contributed by atoms with Crippen LogP contribution in [-0.2, 0) is 5.41 Å². The molecule has 0 radical (unpaired) electrons. The Balaban J connectivity index is 1.35. The Kier molecular flexibility index (Phi) is 7.98. The number of anilines is 6. The fourth-order valence-electron chi connectivity index (χ4n) is 7.99. The lowest BCUT2D eigenvalue weighted by atomic mass is 9.67. The van der Waals surface area contributed by atoms with Crippen molar-refractivity contribution in [1.29, 1.82) is 0 Å². The number of para-hydroxylation sites is 4. The molecule has 0 saturated heterocycles. The minimum absolute atomic E-state index is 0.203. The first-order chi connectivity index (χ1) is 26.1. The van der Waals surface area contributed by atoms with E-state index in [2.05, 4.69) is 143 Å². The van der Waals surface area contributed by atoms with Crippen LogP contribution < -0.4 is 9.80 Å². The summed E-state index contributed by atoms with van der Waals surface area (Å²) in [7, 11) is 0. The standard InChI is InChI=1S/C49H36N2O2/c52-43-27-21-35(22-28-43)49(36-23-29-44(53)30-24-36)47-33-41(50(37-13-5-1-6-14-37)38-15-7-2-8-16-38)25-31-45(47)46-32-26-42(34-48(46)49)51(39-17-9-3-10-18-39)40-19-11-4-12-20-40/h1-34,52-53H. The van der Waals surface area contributed by atoms with Crippen molar-refractivity contribution < 1.29 is 10.2 Å². The number of hydrogen-bond acceptors (Lipinski definition) is 4. The van der Waals surface area contributed by atoms with E-state index in [9.17, 15) is 10.2 Å². The van der Waals surface area contributed by atoms with E-state index in [1.54, 1.807) is 24.3 Å². The van der Waals surface area contributed by atoms with Crippen molar-refractivity contribution in [2.45, 2.75) is 5.41 Å². The summed E-state index contributed by atoms with van der Waals surface area (Å²) in [6.07, 6.45) is 0. The Morgan fingerprint density at radius 1 is 0.302 bits per heavy atom. The summed E-state index contributed by atoms with van der Waals surface area (Å²) in [5, 5.41) is 21.1. The van der Waals surface area contributed by atoms with Crippen LogP contribution in [0.25, 0.3) is 11.1 Å². The largest absolute Gasteiger partial charge is 0.508 e. The van der Waals surface area contributed by atoms with Crippen LogP contribution in [0.15, 0.2) is 206 Å². The molecule has 254 valence electrons. The van der Waals surface area contributed by atoms with Crippen LogP contribution in [0.1, 0.15) is 22.3 Å². The predicted octanol–water partition coefficient (Wildman–Crippen LogP) is 12.4. The molecule has 0 fully saturated rings. The maximum atomic E-state index is 10.6. The van der Waals surface area contributed by atoms with Gasteiger partial charge >= 0.3 is 0 Å². The molecule has 0 saturated carbocycles. The number of rotatable bonds is 8. The molecule has 2 N–H and O–H groups in total. The fraction of sp³-hybridized carbons (Fsp3) is 0.0204. The number of phenolic OH excluding ortho intramolecular Hbond substituents is 2. The lowest BCUT2D eigenvalue weighted by Gasteiger charge is -2.35. The van der Waals surface area contributed by atoms with Gasteiger partial charge in [-0.25, -0.2) is 0 Å². The lowest BCUT2D eigenvalue weighted by molar-refractivity contribution is 0.474. The average Bonchev–Trinajstić information content (AvgIpc) is 3.50. The van der Waals surface area contributed by atoms with Gasteiger partial charge in [0.2, 0.25) is 0 Å². The van der Waals surface area contributed by atoms with Crippen molar-refractivity contribution in [3.05, 3.63) is 229 Å². The molecule has 1 aliphatic carbocycles. The topological polar surface area (TPSA) is 46.9 Å². The smallest absolute Gasteiger partial charge is 0.115 e. The highest BCUT2D eigenvalue weighted by Gasteiger charge is 2.47. The van der Waals surface area contributed by atoms with Crippen LogP contribution >= 0.6 is 0 Å². The van der Waals surface area contributed by atoms with E-state index >= 15 is 0 Å². The number of hydrogen-bond donors (Lipinski definition) is 2. The predicted molar refractivity (Wildman–Crippen MR) is 216 cm³/mol. The summed E-state index contributed by atoms with van der Waals surface area (Å²) in [6, 6.07) is 70.5. The molecule has 0 aromatic heterocycles. The van der Waals surface area contributed by atoms with Crippen LogP contribution in [0, 0.1) is 0 Å². The van der Waals surface area contributed by atoms with Gasteiger partial charge in [0.05, 0.1) is 5.41 Å². The highest BCUT2D eigenvalue weighted by atomic mass is 16.3. The number of benzene rings is 8. The van der Waals surface area contributed by atoms with Crippen molar-refractivity contribution in [1.82, 2.24) is 0 Å². The first-order valence-electron chi connectivity index (χ1n) is 17.8. The van der Waals surface area contributed by atoms with Crippen molar-refractivity contribution >= 4 is 34.1 Å². The summed E-state index contributed by atoms with van der Waals surface area (Å²) in [5.74, 6) is 0.406. The van der Waals surface area contributed by atoms with Gasteiger partial charge in [0.1, 0.15) is 11.5 Å². The first kappa shape index (κ1) is 31.9. The van der Waals surface area contributed by atoms with Crippen molar-refractivity contribution in [2.24, 2.45) is 0 Å². The van der Waals surface area contributed by atoms with Gasteiger partial charge in [0, 0.05) is 34.1 Å². The molecule has 4 heteroatoms. The molecule has 9 rings (SSSR count). The molecule has 8 aromatic rings. The fourth-order valence-corrected chi connectivity index (χ4v) is 7.99. The number of aromatic hydroxyl groups is 2. The van der Waals surface area contributed by atoms with E-state index in [1.807, 2.05) is 48.5 Å².